The lowest BCUT2D eigenvalue weighted by atomic mass is 9.57. The summed E-state index contributed by atoms with van der Waals surface area (Å²) >= 11 is 0. The zero-order valence-electron chi connectivity index (χ0n) is 20.4. The summed E-state index contributed by atoms with van der Waals surface area (Å²) in [5.74, 6) is -1.28. The highest BCUT2D eigenvalue weighted by Gasteiger charge is 2.56. The van der Waals surface area contributed by atoms with Crippen LogP contribution in [0.3, 0.4) is 0 Å². The van der Waals surface area contributed by atoms with Gasteiger partial charge in [-0.3, -0.25) is 0 Å². The van der Waals surface area contributed by atoms with Gasteiger partial charge in [0.25, 0.3) is 0 Å². The van der Waals surface area contributed by atoms with Crippen LogP contribution in [-0.2, 0) is 0 Å². The Morgan fingerprint density at radius 1 is 0.763 bits per heavy atom. The number of nitrogens with zero attached hydrogens (tertiary/aromatic N) is 2. The summed E-state index contributed by atoms with van der Waals surface area (Å²) in [5.41, 5.74) is 8.90. The van der Waals surface area contributed by atoms with Gasteiger partial charge in [0.05, 0.1) is 0 Å². The van der Waals surface area contributed by atoms with Crippen LogP contribution in [0.5, 0.6) is 0 Å². The molecule has 0 spiro atoms. The quantitative estimate of drug-likeness (QED) is 0.401. The Balaban J connectivity index is 1.59. The van der Waals surface area contributed by atoms with E-state index in [-0.39, 0.29) is 46.8 Å². The first-order valence-corrected chi connectivity index (χ1v) is 12.9. The van der Waals surface area contributed by atoms with E-state index in [2.05, 4.69) is 54.7 Å². The molecule has 0 bridgehead atoms. The number of hydrogen-bond donors (Lipinski definition) is 0. The third-order valence-corrected chi connectivity index (χ3v) is 8.79. The molecular formula is C34H22F2N2. The van der Waals surface area contributed by atoms with Crippen LogP contribution >= 0.6 is 0 Å². The fourth-order valence-electron chi connectivity index (χ4n) is 7.49. The van der Waals surface area contributed by atoms with Gasteiger partial charge in [-0.15, -0.1) is 0 Å². The smallest absolute Gasteiger partial charge is 0.130 e. The van der Waals surface area contributed by atoms with E-state index in [1.165, 1.54) is 52.1 Å². The van der Waals surface area contributed by atoms with E-state index >= 15 is 0 Å². The number of hydrogen-bond acceptors (Lipinski definition) is 2. The van der Waals surface area contributed by atoms with Gasteiger partial charge in [-0.05, 0) is 75.6 Å². The summed E-state index contributed by atoms with van der Waals surface area (Å²) in [4.78, 5) is 0. The van der Waals surface area contributed by atoms with Crippen LogP contribution in [0.25, 0.3) is 0 Å². The summed E-state index contributed by atoms with van der Waals surface area (Å²) in [7, 11) is 0. The first-order chi connectivity index (χ1) is 18.6. The lowest BCUT2D eigenvalue weighted by Gasteiger charge is -2.46. The van der Waals surface area contributed by atoms with E-state index in [1.54, 1.807) is 24.3 Å². The van der Waals surface area contributed by atoms with Gasteiger partial charge >= 0.3 is 0 Å². The highest BCUT2D eigenvalue weighted by Crippen LogP contribution is 2.67. The molecule has 7 rings (SSSR count). The van der Waals surface area contributed by atoms with E-state index in [1.807, 2.05) is 0 Å². The van der Waals surface area contributed by atoms with Crippen molar-refractivity contribution >= 4 is 0 Å². The standard InChI is InChI=1S/C34H22F2N2/c35-24-13-9-21(10-14-24)30-32(23(17-37)18-38)31(22-11-15-25(36)16-12-22)34-27-6-2-4-20-8-7-19-3-1-5-26(33(30)34)28(19)29(20)27/h1-3,5-16,28,30-31,33-34H,4H2. The van der Waals surface area contributed by atoms with Crippen LogP contribution < -0.4 is 0 Å². The van der Waals surface area contributed by atoms with Crippen molar-refractivity contribution < 1.29 is 8.78 Å². The Morgan fingerprint density at radius 3 is 2.03 bits per heavy atom. The second-order valence-electron chi connectivity index (χ2n) is 10.5. The largest absolute Gasteiger partial charge is 0.207 e. The molecule has 5 aliphatic rings. The van der Waals surface area contributed by atoms with Crippen molar-refractivity contribution in [1.29, 1.82) is 10.5 Å². The molecule has 1 saturated carbocycles. The molecule has 0 saturated heterocycles. The van der Waals surface area contributed by atoms with Crippen LogP contribution in [0.1, 0.15) is 29.4 Å². The maximum absolute atomic E-state index is 14.1. The molecule has 0 heterocycles. The topological polar surface area (TPSA) is 47.6 Å². The average Bonchev–Trinajstić information content (AvgIpc) is 3.30. The summed E-state index contributed by atoms with van der Waals surface area (Å²) in [6, 6.07) is 17.2. The summed E-state index contributed by atoms with van der Waals surface area (Å²) in [5, 5.41) is 20.4. The van der Waals surface area contributed by atoms with Crippen LogP contribution in [0.4, 0.5) is 8.78 Å². The molecule has 5 unspecified atom stereocenters. The first kappa shape index (κ1) is 22.6. The van der Waals surface area contributed by atoms with Gasteiger partial charge < -0.3 is 0 Å². The van der Waals surface area contributed by atoms with Gasteiger partial charge in [-0.1, -0.05) is 72.4 Å². The predicted molar refractivity (Wildman–Crippen MR) is 141 cm³/mol. The molecule has 5 atom stereocenters. The predicted octanol–water partition coefficient (Wildman–Crippen LogP) is 7.67. The molecule has 2 aromatic rings. The van der Waals surface area contributed by atoms with E-state index < -0.39 is 0 Å². The summed E-state index contributed by atoms with van der Waals surface area (Å²) in [6.07, 6.45) is 16.1. The maximum atomic E-state index is 14.1. The molecule has 0 aromatic heterocycles. The minimum absolute atomic E-state index is 0.0542. The molecule has 4 heteroatoms. The summed E-state index contributed by atoms with van der Waals surface area (Å²) < 4.78 is 28.1. The number of halogens is 2. The van der Waals surface area contributed by atoms with Crippen molar-refractivity contribution in [3.63, 3.8) is 0 Å². The molecule has 0 N–H and O–H groups in total. The minimum atomic E-state index is -0.333. The van der Waals surface area contributed by atoms with Gasteiger partial charge in [0.2, 0.25) is 0 Å². The number of rotatable bonds is 2. The van der Waals surface area contributed by atoms with E-state index in [0.29, 0.717) is 0 Å². The van der Waals surface area contributed by atoms with Gasteiger partial charge in [-0.2, -0.15) is 10.5 Å². The average molecular weight is 497 g/mol. The number of fused-ring (bicyclic) bond motifs is 3. The van der Waals surface area contributed by atoms with Crippen LogP contribution in [0, 0.1) is 52.1 Å². The Morgan fingerprint density at radius 2 is 1.39 bits per heavy atom. The lowest BCUT2D eigenvalue weighted by molar-refractivity contribution is 0.400. The maximum Gasteiger partial charge on any atom is 0.130 e. The van der Waals surface area contributed by atoms with E-state index in [4.69, 9.17) is 0 Å². The lowest BCUT2D eigenvalue weighted by Crippen LogP contribution is -2.35. The fourth-order valence-corrected chi connectivity index (χ4v) is 7.49. The monoisotopic (exact) mass is 496 g/mol. The van der Waals surface area contributed by atoms with Gasteiger partial charge in [0.15, 0.2) is 0 Å². The zero-order chi connectivity index (χ0) is 26.0. The molecule has 0 amide bonds. The highest BCUT2D eigenvalue weighted by molar-refractivity contribution is 5.68. The normalized spacial score (nSPS) is 27.9. The SMILES string of the molecule is N#CC(C#N)=C1C(c2ccc(F)cc2)C2C3=CC=CC4=CC=C5CC=CC(=C5C43)C2C1c1ccc(F)cc1. The van der Waals surface area contributed by atoms with Crippen LogP contribution in [0.15, 0.2) is 130 Å². The Labute approximate surface area is 220 Å². The van der Waals surface area contributed by atoms with E-state index in [0.717, 1.165) is 23.1 Å². The van der Waals surface area contributed by atoms with Crippen molar-refractivity contribution in [3.8, 4) is 12.1 Å². The molecule has 0 aliphatic heterocycles. The van der Waals surface area contributed by atoms with Crippen molar-refractivity contribution in [2.45, 2.75) is 18.3 Å². The van der Waals surface area contributed by atoms with Gasteiger partial charge in [0.1, 0.15) is 29.3 Å². The molecule has 2 nitrogen and oxygen atoms in total. The molecule has 0 radical (unpaired) electrons. The number of benzene rings is 2. The third-order valence-electron chi connectivity index (χ3n) is 8.79. The highest BCUT2D eigenvalue weighted by atomic mass is 19.1. The minimum Gasteiger partial charge on any atom is -0.207 e. The zero-order valence-corrected chi connectivity index (χ0v) is 20.4. The Hall–Kier alpha value is -4.54. The molecule has 2 aromatic carbocycles. The van der Waals surface area contributed by atoms with Gasteiger partial charge in [-0.25, -0.2) is 8.78 Å². The van der Waals surface area contributed by atoms with Crippen molar-refractivity contribution in [2.24, 2.45) is 17.8 Å². The molecule has 5 aliphatic carbocycles. The van der Waals surface area contributed by atoms with Crippen LogP contribution in [0.2, 0.25) is 0 Å². The Kier molecular flexibility index (Phi) is 5.07. The van der Waals surface area contributed by atoms with Gasteiger partial charge in [0, 0.05) is 23.7 Å². The summed E-state index contributed by atoms with van der Waals surface area (Å²) in [6.45, 7) is 0. The van der Waals surface area contributed by atoms with Crippen molar-refractivity contribution in [2.75, 3.05) is 0 Å². The van der Waals surface area contributed by atoms with Crippen LogP contribution in [-0.4, -0.2) is 0 Å². The van der Waals surface area contributed by atoms with Crippen molar-refractivity contribution in [1.82, 2.24) is 0 Å². The fraction of sp³-hybridized carbons (Fsp3) is 0.176. The second kappa shape index (κ2) is 8.51. The molecular weight excluding hydrogens is 474 g/mol. The first-order valence-electron chi connectivity index (χ1n) is 12.9. The number of nitriles is 2. The molecule has 38 heavy (non-hydrogen) atoms. The molecule has 1 fully saturated rings. The molecule has 182 valence electrons. The van der Waals surface area contributed by atoms with E-state index in [9.17, 15) is 19.3 Å². The second-order valence-corrected chi connectivity index (χ2v) is 10.5. The number of allylic oxidation sites excluding steroid dienone is 14. The third kappa shape index (κ3) is 3.14. The van der Waals surface area contributed by atoms with Crippen molar-refractivity contribution in [3.05, 3.63) is 153 Å². The Bertz CT molecular complexity index is 1660.